The van der Waals surface area contributed by atoms with Crippen LogP contribution in [0.1, 0.15) is 52.7 Å². The number of piperazine rings is 1. The number of aryl methyl sites for hydroxylation is 3. The Morgan fingerprint density at radius 2 is 1.30 bits per heavy atom. The molecule has 0 atom stereocenters. The maximum atomic E-state index is 12.5. The van der Waals surface area contributed by atoms with Crippen LogP contribution in [0.25, 0.3) is 0 Å². The van der Waals surface area contributed by atoms with Gasteiger partial charge in [-0.3, -0.25) is 14.4 Å². The summed E-state index contributed by atoms with van der Waals surface area (Å²) in [6.07, 6.45) is 1.51. The molecular formula is C27H34N2O4. The van der Waals surface area contributed by atoms with Gasteiger partial charge in [0.05, 0.1) is 6.61 Å². The van der Waals surface area contributed by atoms with E-state index in [0.29, 0.717) is 51.2 Å². The summed E-state index contributed by atoms with van der Waals surface area (Å²) in [4.78, 5) is 40.9. The molecule has 1 aliphatic heterocycles. The molecule has 3 rings (SSSR count). The second-order valence-electron chi connectivity index (χ2n) is 8.72. The van der Waals surface area contributed by atoms with Crippen molar-refractivity contribution in [1.82, 2.24) is 9.80 Å². The van der Waals surface area contributed by atoms with Gasteiger partial charge < -0.3 is 14.5 Å². The van der Waals surface area contributed by atoms with Gasteiger partial charge in [-0.15, -0.1) is 0 Å². The normalized spacial score (nSPS) is 13.7. The van der Waals surface area contributed by atoms with Crippen LogP contribution < -0.4 is 4.74 Å². The van der Waals surface area contributed by atoms with Gasteiger partial charge in [0.2, 0.25) is 11.8 Å². The third-order valence-corrected chi connectivity index (χ3v) is 6.11. The fraction of sp³-hybridized carbons (Fsp3) is 0.444. The highest BCUT2D eigenvalue weighted by Crippen LogP contribution is 2.22. The van der Waals surface area contributed by atoms with Crippen LogP contribution in [-0.4, -0.2) is 60.2 Å². The van der Waals surface area contributed by atoms with Crippen molar-refractivity contribution in [2.45, 2.75) is 46.5 Å². The molecule has 1 saturated heterocycles. The molecule has 0 aromatic heterocycles. The molecule has 0 unspecified atom stereocenters. The molecule has 2 amide bonds. The van der Waals surface area contributed by atoms with Crippen molar-refractivity contribution in [3.05, 3.63) is 64.7 Å². The molecule has 6 heteroatoms. The zero-order chi connectivity index (χ0) is 23.8. The quantitative estimate of drug-likeness (QED) is 0.426. The fourth-order valence-electron chi connectivity index (χ4n) is 4.05. The Bertz CT molecular complexity index is 956. The van der Waals surface area contributed by atoms with Crippen molar-refractivity contribution in [1.29, 1.82) is 0 Å². The van der Waals surface area contributed by atoms with E-state index in [-0.39, 0.29) is 30.4 Å². The molecule has 0 spiro atoms. The lowest BCUT2D eigenvalue weighted by Gasteiger charge is -2.35. The Labute approximate surface area is 196 Å². The first-order chi connectivity index (χ1) is 15.8. The van der Waals surface area contributed by atoms with Crippen molar-refractivity contribution in [3.8, 4) is 5.75 Å². The van der Waals surface area contributed by atoms with Crippen molar-refractivity contribution in [3.63, 3.8) is 0 Å². The lowest BCUT2D eigenvalue weighted by molar-refractivity contribution is -0.139. The largest absolute Gasteiger partial charge is 0.493 e. The number of hydrogen-bond acceptors (Lipinski definition) is 4. The lowest BCUT2D eigenvalue weighted by atomic mass is 10.0. The molecule has 0 N–H and O–H groups in total. The molecule has 2 aromatic carbocycles. The monoisotopic (exact) mass is 450 g/mol. The van der Waals surface area contributed by atoms with Crippen LogP contribution >= 0.6 is 0 Å². The smallest absolute Gasteiger partial charge is 0.223 e. The molecule has 1 fully saturated rings. The first-order valence-corrected chi connectivity index (χ1v) is 11.7. The molecule has 1 heterocycles. The number of carbonyl (C=O) groups excluding carboxylic acids is 3. The third-order valence-electron chi connectivity index (χ3n) is 6.11. The van der Waals surface area contributed by atoms with Gasteiger partial charge in [0.1, 0.15) is 5.75 Å². The van der Waals surface area contributed by atoms with E-state index in [0.717, 1.165) is 22.4 Å². The van der Waals surface area contributed by atoms with Crippen molar-refractivity contribution < 1.29 is 19.1 Å². The number of carbonyl (C=O) groups is 3. The number of para-hydroxylation sites is 1. The Morgan fingerprint density at radius 3 is 1.88 bits per heavy atom. The third kappa shape index (κ3) is 6.91. The van der Waals surface area contributed by atoms with Crippen molar-refractivity contribution in [2.24, 2.45) is 0 Å². The van der Waals surface area contributed by atoms with Crippen LogP contribution in [0.3, 0.4) is 0 Å². The van der Waals surface area contributed by atoms with Gasteiger partial charge >= 0.3 is 0 Å². The van der Waals surface area contributed by atoms with Crippen LogP contribution in [0.5, 0.6) is 5.75 Å². The summed E-state index contributed by atoms with van der Waals surface area (Å²) in [5, 5.41) is 0. The van der Waals surface area contributed by atoms with Crippen LogP contribution in [-0.2, 0) is 9.59 Å². The van der Waals surface area contributed by atoms with Gasteiger partial charge in [0.15, 0.2) is 5.78 Å². The molecular weight excluding hydrogens is 416 g/mol. The number of ketones is 1. The number of amides is 2. The van der Waals surface area contributed by atoms with Crippen LogP contribution in [0.2, 0.25) is 0 Å². The minimum Gasteiger partial charge on any atom is -0.493 e. The second kappa shape index (κ2) is 11.6. The first kappa shape index (κ1) is 24.5. The van der Waals surface area contributed by atoms with Crippen LogP contribution in [0.15, 0.2) is 42.5 Å². The van der Waals surface area contributed by atoms with Crippen molar-refractivity contribution in [2.75, 3.05) is 32.8 Å². The van der Waals surface area contributed by atoms with E-state index >= 15 is 0 Å². The number of benzene rings is 2. The first-order valence-electron chi connectivity index (χ1n) is 11.7. The van der Waals surface area contributed by atoms with Crippen LogP contribution in [0, 0.1) is 20.8 Å². The fourth-order valence-corrected chi connectivity index (χ4v) is 4.05. The average Bonchev–Trinajstić information content (AvgIpc) is 2.82. The van der Waals surface area contributed by atoms with E-state index in [9.17, 15) is 14.4 Å². The van der Waals surface area contributed by atoms with Gasteiger partial charge in [0.25, 0.3) is 0 Å². The molecule has 0 aliphatic carbocycles. The Kier molecular flexibility index (Phi) is 8.64. The average molecular weight is 451 g/mol. The maximum absolute atomic E-state index is 12.5. The Balaban J connectivity index is 1.34. The molecule has 0 radical (unpaired) electrons. The molecule has 0 bridgehead atoms. The minimum absolute atomic E-state index is 0.0136. The SMILES string of the molecule is Cc1ccc(C(=O)CCC(=O)N2CCN(C(=O)CCCOc3c(C)cccc3C)CC2)cc1. The van der Waals surface area contributed by atoms with Gasteiger partial charge in [-0.05, 0) is 38.3 Å². The standard InChI is InChI=1S/C27H34N2O4/c1-20-9-11-23(12-10-20)24(30)13-14-26(32)29-17-15-28(16-18-29)25(31)8-5-19-33-27-21(2)6-4-7-22(27)3/h4,6-7,9-12H,5,8,13-19H2,1-3H3. The van der Waals surface area contributed by atoms with E-state index in [2.05, 4.69) is 0 Å². The van der Waals surface area contributed by atoms with E-state index < -0.39 is 0 Å². The Morgan fingerprint density at radius 1 is 0.758 bits per heavy atom. The van der Waals surface area contributed by atoms with Crippen LogP contribution in [0.4, 0.5) is 0 Å². The molecule has 33 heavy (non-hydrogen) atoms. The highest BCUT2D eigenvalue weighted by molar-refractivity contribution is 5.98. The molecule has 0 saturated carbocycles. The zero-order valence-electron chi connectivity index (χ0n) is 19.9. The van der Waals surface area contributed by atoms with Crippen molar-refractivity contribution >= 4 is 17.6 Å². The number of ether oxygens (including phenoxy) is 1. The number of nitrogens with zero attached hydrogens (tertiary/aromatic N) is 2. The predicted octanol–water partition coefficient (Wildman–Crippen LogP) is 4.10. The van der Waals surface area contributed by atoms with E-state index in [1.165, 1.54) is 0 Å². The van der Waals surface area contributed by atoms with Gasteiger partial charge in [0, 0.05) is 51.0 Å². The number of Topliss-reactive ketones (excluding diaryl/α,β-unsaturated/α-hetero) is 1. The zero-order valence-corrected chi connectivity index (χ0v) is 19.9. The van der Waals surface area contributed by atoms with Gasteiger partial charge in [-0.1, -0.05) is 48.0 Å². The topological polar surface area (TPSA) is 66.9 Å². The summed E-state index contributed by atoms with van der Waals surface area (Å²) >= 11 is 0. The molecule has 2 aromatic rings. The summed E-state index contributed by atoms with van der Waals surface area (Å²) < 4.78 is 5.89. The number of hydrogen-bond donors (Lipinski definition) is 0. The lowest BCUT2D eigenvalue weighted by Crippen LogP contribution is -2.50. The Hall–Kier alpha value is -3.15. The molecule has 1 aliphatic rings. The summed E-state index contributed by atoms with van der Waals surface area (Å²) in [7, 11) is 0. The summed E-state index contributed by atoms with van der Waals surface area (Å²) in [5.74, 6) is 0.963. The maximum Gasteiger partial charge on any atom is 0.223 e. The van der Waals surface area contributed by atoms with E-state index in [1.54, 1.807) is 17.0 Å². The van der Waals surface area contributed by atoms with E-state index in [1.807, 2.05) is 56.0 Å². The summed E-state index contributed by atoms with van der Waals surface area (Å²) in [6, 6.07) is 13.5. The van der Waals surface area contributed by atoms with Gasteiger partial charge in [-0.2, -0.15) is 0 Å². The molecule has 6 nitrogen and oxygen atoms in total. The molecule has 176 valence electrons. The van der Waals surface area contributed by atoms with E-state index in [4.69, 9.17) is 4.74 Å². The van der Waals surface area contributed by atoms with Gasteiger partial charge in [-0.25, -0.2) is 0 Å². The number of rotatable bonds is 9. The minimum atomic E-state index is -0.0236. The predicted molar refractivity (Wildman–Crippen MR) is 129 cm³/mol. The summed E-state index contributed by atoms with van der Waals surface area (Å²) in [5.41, 5.74) is 3.94. The summed E-state index contributed by atoms with van der Waals surface area (Å²) in [6.45, 7) is 8.62. The highest BCUT2D eigenvalue weighted by Gasteiger charge is 2.24. The second-order valence-corrected chi connectivity index (χ2v) is 8.72. The highest BCUT2D eigenvalue weighted by atomic mass is 16.5.